The molecular weight excluding hydrogens is 400 g/mol. The molecule has 0 saturated carbocycles. The molecule has 1 aliphatic heterocycles. The Labute approximate surface area is 182 Å². The fourth-order valence-corrected chi connectivity index (χ4v) is 3.31. The van der Waals surface area contributed by atoms with Gasteiger partial charge in [-0.15, -0.1) is 0 Å². The van der Waals surface area contributed by atoms with E-state index in [1.54, 1.807) is 18.1 Å². The second kappa shape index (κ2) is 10.6. The molecule has 31 heavy (non-hydrogen) atoms. The quantitative estimate of drug-likeness (QED) is 0.597. The second-order valence-electron chi connectivity index (χ2n) is 7.17. The van der Waals surface area contributed by atoms with Gasteiger partial charge in [0.25, 0.3) is 5.91 Å². The normalized spacial score (nSPS) is 13.5. The molecule has 1 fully saturated rings. The minimum atomic E-state index is -0.604. The van der Waals surface area contributed by atoms with Crippen LogP contribution in [0.1, 0.15) is 5.56 Å². The van der Waals surface area contributed by atoms with Crippen molar-refractivity contribution in [3.63, 3.8) is 0 Å². The number of rotatable bonds is 8. The molecular formula is C23H28N2O6. The van der Waals surface area contributed by atoms with E-state index in [4.69, 9.17) is 18.9 Å². The summed E-state index contributed by atoms with van der Waals surface area (Å²) in [5.74, 6) is 0.984. The maximum absolute atomic E-state index is 12.4. The Balaban J connectivity index is 1.40. The van der Waals surface area contributed by atoms with Crippen LogP contribution in [0.25, 0.3) is 0 Å². The van der Waals surface area contributed by atoms with Gasteiger partial charge in [0.2, 0.25) is 0 Å². The summed E-state index contributed by atoms with van der Waals surface area (Å²) in [6.07, 6.45) is 0. The lowest BCUT2D eigenvalue weighted by molar-refractivity contribution is -0.153. The summed E-state index contributed by atoms with van der Waals surface area (Å²) in [5.41, 5.74) is 2.10. The van der Waals surface area contributed by atoms with Gasteiger partial charge in [0.15, 0.2) is 24.7 Å². The zero-order chi connectivity index (χ0) is 22.2. The number of amides is 1. The third-order valence-electron chi connectivity index (χ3n) is 5.09. The zero-order valence-electron chi connectivity index (χ0n) is 18.1. The maximum atomic E-state index is 12.4. The number of carbonyl (C=O) groups is 2. The van der Waals surface area contributed by atoms with E-state index < -0.39 is 5.97 Å². The highest BCUT2D eigenvalue weighted by Crippen LogP contribution is 2.27. The van der Waals surface area contributed by atoms with Crippen molar-refractivity contribution in [3.05, 3.63) is 48.0 Å². The van der Waals surface area contributed by atoms with Crippen LogP contribution in [0.2, 0.25) is 0 Å². The van der Waals surface area contributed by atoms with Gasteiger partial charge in [-0.3, -0.25) is 4.79 Å². The highest BCUT2D eigenvalue weighted by Gasteiger charge is 2.22. The van der Waals surface area contributed by atoms with Crippen molar-refractivity contribution in [1.82, 2.24) is 4.90 Å². The first-order chi connectivity index (χ1) is 15.0. The Kier molecular flexibility index (Phi) is 7.59. The van der Waals surface area contributed by atoms with Gasteiger partial charge < -0.3 is 28.7 Å². The van der Waals surface area contributed by atoms with Crippen molar-refractivity contribution in [1.29, 1.82) is 0 Å². The van der Waals surface area contributed by atoms with Crippen molar-refractivity contribution >= 4 is 17.6 Å². The Morgan fingerprint density at radius 2 is 1.58 bits per heavy atom. The number of methoxy groups -OCH3 is 2. The Morgan fingerprint density at radius 3 is 2.23 bits per heavy atom. The first-order valence-electron chi connectivity index (χ1n) is 10.1. The highest BCUT2D eigenvalue weighted by molar-refractivity contribution is 5.81. The van der Waals surface area contributed by atoms with Crippen LogP contribution in [0, 0.1) is 6.92 Å². The Hall–Kier alpha value is -3.42. The average molecular weight is 428 g/mol. The smallest absolute Gasteiger partial charge is 0.344 e. The van der Waals surface area contributed by atoms with E-state index in [2.05, 4.69) is 4.90 Å². The number of hydrogen-bond acceptors (Lipinski definition) is 7. The maximum Gasteiger partial charge on any atom is 0.344 e. The van der Waals surface area contributed by atoms with Crippen LogP contribution in [0.5, 0.6) is 17.2 Å². The van der Waals surface area contributed by atoms with Crippen molar-refractivity contribution < 1.29 is 28.5 Å². The number of nitrogens with zero attached hydrogens (tertiary/aromatic N) is 2. The minimum absolute atomic E-state index is 0.212. The van der Waals surface area contributed by atoms with E-state index >= 15 is 0 Å². The molecule has 0 unspecified atom stereocenters. The van der Waals surface area contributed by atoms with Crippen LogP contribution in [0.15, 0.2) is 42.5 Å². The molecule has 0 N–H and O–H groups in total. The van der Waals surface area contributed by atoms with Gasteiger partial charge in [0.1, 0.15) is 5.75 Å². The molecule has 8 heteroatoms. The number of esters is 1. The van der Waals surface area contributed by atoms with Crippen molar-refractivity contribution in [2.75, 3.05) is 58.5 Å². The molecule has 1 saturated heterocycles. The average Bonchev–Trinajstić information content (AvgIpc) is 2.81. The summed E-state index contributed by atoms with van der Waals surface area (Å²) in [6, 6.07) is 13.2. The minimum Gasteiger partial charge on any atom is -0.497 e. The van der Waals surface area contributed by atoms with E-state index in [9.17, 15) is 9.59 Å². The first-order valence-corrected chi connectivity index (χ1v) is 10.1. The van der Waals surface area contributed by atoms with Gasteiger partial charge in [-0.25, -0.2) is 4.79 Å². The largest absolute Gasteiger partial charge is 0.497 e. The fraction of sp³-hybridized carbons (Fsp3) is 0.391. The third-order valence-corrected chi connectivity index (χ3v) is 5.09. The van der Waals surface area contributed by atoms with Crippen LogP contribution in [0.4, 0.5) is 5.69 Å². The van der Waals surface area contributed by atoms with Crippen LogP contribution >= 0.6 is 0 Å². The van der Waals surface area contributed by atoms with Gasteiger partial charge in [-0.1, -0.05) is 6.07 Å². The van der Waals surface area contributed by atoms with Crippen LogP contribution < -0.4 is 19.1 Å². The predicted octanol–water partition coefficient (Wildman–Crippen LogP) is 2.28. The standard InChI is InChI=1S/C23H28N2O6/c1-17-4-9-20(21(14-17)29-3)30-16-23(27)31-15-22(26)25-12-10-24(11-13-25)18-5-7-19(28-2)8-6-18/h4-9,14H,10-13,15-16H2,1-3H3. The topological polar surface area (TPSA) is 77.5 Å². The van der Waals surface area contributed by atoms with Crippen molar-refractivity contribution in [3.8, 4) is 17.2 Å². The lowest BCUT2D eigenvalue weighted by atomic mass is 10.2. The van der Waals surface area contributed by atoms with Gasteiger partial charge in [0, 0.05) is 31.9 Å². The van der Waals surface area contributed by atoms with Crippen LogP contribution in [-0.4, -0.2) is 70.4 Å². The Morgan fingerprint density at radius 1 is 0.871 bits per heavy atom. The number of anilines is 1. The zero-order valence-corrected chi connectivity index (χ0v) is 18.1. The summed E-state index contributed by atoms with van der Waals surface area (Å²) in [6.45, 7) is 3.90. The molecule has 1 amide bonds. The molecule has 3 rings (SSSR count). The van der Waals surface area contributed by atoms with Gasteiger partial charge in [-0.05, 0) is 48.9 Å². The molecule has 0 spiro atoms. The number of benzene rings is 2. The molecule has 1 aliphatic rings. The number of carbonyl (C=O) groups excluding carboxylic acids is 2. The van der Waals surface area contributed by atoms with E-state index in [-0.39, 0.29) is 19.1 Å². The first kappa shape index (κ1) is 22.3. The number of hydrogen-bond donors (Lipinski definition) is 0. The Bertz CT molecular complexity index is 891. The van der Waals surface area contributed by atoms with Crippen LogP contribution in [0.3, 0.4) is 0 Å². The molecule has 0 bridgehead atoms. The molecule has 0 aromatic heterocycles. The molecule has 8 nitrogen and oxygen atoms in total. The van der Waals surface area contributed by atoms with Crippen molar-refractivity contribution in [2.24, 2.45) is 0 Å². The number of piperazine rings is 1. The summed E-state index contributed by atoms with van der Waals surface area (Å²) in [5, 5.41) is 0. The SMILES string of the molecule is COc1ccc(N2CCN(C(=O)COC(=O)COc3ccc(C)cc3OC)CC2)cc1. The second-order valence-corrected chi connectivity index (χ2v) is 7.17. The molecule has 166 valence electrons. The van der Waals surface area contributed by atoms with E-state index in [0.717, 1.165) is 17.0 Å². The molecule has 0 atom stereocenters. The lowest BCUT2D eigenvalue weighted by Gasteiger charge is -2.36. The summed E-state index contributed by atoms with van der Waals surface area (Å²) < 4.78 is 21.0. The lowest BCUT2D eigenvalue weighted by Crippen LogP contribution is -2.50. The predicted molar refractivity (Wildman–Crippen MR) is 116 cm³/mol. The number of ether oxygens (including phenoxy) is 4. The van der Waals surface area contributed by atoms with E-state index in [1.165, 1.54) is 7.11 Å². The van der Waals surface area contributed by atoms with E-state index in [1.807, 2.05) is 43.3 Å². The molecule has 2 aromatic rings. The summed E-state index contributed by atoms with van der Waals surface area (Å²) in [7, 11) is 3.17. The number of aryl methyl sites for hydroxylation is 1. The van der Waals surface area contributed by atoms with Gasteiger partial charge in [-0.2, -0.15) is 0 Å². The fourth-order valence-electron chi connectivity index (χ4n) is 3.31. The van der Waals surface area contributed by atoms with Gasteiger partial charge >= 0.3 is 5.97 Å². The van der Waals surface area contributed by atoms with Crippen molar-refractivity contribution in [2.45, 2.75) is 6.92 Å². The highest BCUT2D eigenvalue weighted by atomic mass is 16.6. The molecule has 1 heterocycles. The monoisotopic (exact) mass is 428 g/mol. The van der Waals surface area contributed by atoms with Crippen LogP contribution in [-0.2, 0) is 14.3 Å². The molecule has 2 aromatic carbocycles. The van der Waals surface area contributed by atoms with E-state index in [0.29, 0.717) is 37.7 Å². The summed E-state index contributed by atoms with van der Waals surface area (Å²) >= 11 is 0. The third kappa shape index (κ3) is 6.04. The summed E-state index contributed by atoms with van der Waals surface area (Å²) in [4.78, 5) is 28.3. The molecule has 0 radical (unpaired) electrons. The van der Waals surface area contributed by atoms with Gasteiger partial charge in [0.05, 0.1) is 14.2 Å². The molecule has 0 aliphatic carbocycles.